The van der Waals surface area contributed by atoms with E-state index in [4.69, 9.17) is 9.47 Å². The molecule has 5 aliphatic carbocycles. The second kappa shape index (κ2) is 6.50. The van der Waals surface area contributed by atoms with Gasteiger partial charge >= 0.3 is 11.9 Å². The number of ketones is 1. The highest BCUT2D eigenvalue weighted by Gasteiger charge is 2.83. The van der Waals surface area contributed by atoms with E-state index in [1.165, 1.54) is 0 Å². The minimum absolute atomic E-state index is 0.0394. The summed E-state index contributed by atoms with van der Waals surface area (Å²) in [6.07, 6.45) is 8.22. The fourth-order valence-corrected chi connectivity index (χ4v) is 10.0. The third-order valence-corrected chi connectivity index (χ3v) is 11.8. The highest BCUT2D eigenvalue weighted by Crippen LogP contribution is 2.80. The molecule has 0 aromatic heterocycles. The van der Waals surface area contributed by atoms with Crippen LogP contribution in [-0.4, -0.2) is 40.6 Å². The highest BCUT2D eigenvalue weighted by molar-refractivity contribution is 6.09. The molecule has 2 aliphatic heterocycles. The monoisotopic (exact) mass is 490 g/mol. The summed E-state index contributed by atoms with van der Waals surface area (Å²) < 4.78 is 12.3. The van der Waals surface area contributed by atoms with Crippen LogP contribution in [0.25, 0.3) is 0 Å². The Morgan fingerprint density at radius 3 is 2.56 bits per heavy atom. The third-order valence-electron chi connectivity index (χ3n) is 11.8. The molecule has 2 bridgehead atoms. The topological polar surface area (TPSA) is 89.9 Å². The minimum atomic E-state index is -1.08. The first-order valence-electron chi connectivity index (χ1n) is 13.4. The van der Waals surface area contributed by atoms with E-state index in [1.807, 2.05) is 20.8 Å². The molecule has 190 valence electrons. The lowest BCUT2D eigenvalue weighted by Crippen LogP contribution is -2.49. The van der Waals surface area contributed by atoms with Crippen molar-refractivity contribution in [2.75, 3.05) is 0 Å². The van der Waals surface area contributed by atoms with Crippen LogP contribution in [0.15, 0.2) is 47.1 Å². The van der Waals surface area contributed by atoms with Gasteiger partial charge in [-0.15, -0.1) is 0 Å². The van der Waals surface area contributed by atoms with Crippen molar-refractivity contribution in [3.05, 3.63) is 47.1 Å². The van der Waals surface area contributed by atoms with Crippen molar-refractivity contribution in [2.24, 2.45) is 39.9 Å². The summed E-state index contributed by atoms with van der Waals surface area (Å²) >= 11 is 0. The normalized spacial score (nSPS) is 52.5. The van der Waals surface area contributed by atoms with Gasteiger partial charge in [-0.1, -0.05) is 36.8 Å². The predicted molar refractivity (Wildman–Crippen MR) is 130 cm³/mol. The van der Waals surface area contributed by atoms with Crippen molar-refractivity contribution in [2.45, 2.75) is 77.6 Å². The molecule has 4 fully saturated rings. The summed E-state index contributed by atoms with van der Waals surface area (Å²) in [6.45, 7) is 12.1. The molecule has 0 aromatic carbocycles. The molecule has 6 heteroatoms. The molecule has 0 amide bonds. The van der Waals surface area contributed by atoms with E-state index in [-0.39, 0.29) is 41.4 Å². The van der Waals surface area contributed by atoms with Crippen LogP contribution in [0.3, 0.4) is 0 Å². The van der Waals surface area contributed by atoms with Crippen molar-refractivity contribution >= 4 is 17.7 Å². The fourth-order valence-electron chi connectivity index (χ4n) is 10.0. The van der Waals surface area contributed by atoms with Crippen LogP contribution < -0.4 is 0 Å². The number of hydrogen-bond acceptors (Lipinski definition) is 6. The lowest BCUT2D eigenvalue weighted by atomic mass is 9.55. The van der Waals surface area contributed by atoms with Crippen molar-refractivity contribution in [3.63, 3.8) is 0 Å². The van der Waals surface area contributed by atoms with Crippen molar-refractivity contribution in [1.82, 2.24) is 0 Å². The van der Waals surface area contributed by atoms with Crippen LogP contribution in [-0.2, 0) is 23.9 Å². The number of hydrogen-bond donors (Lipinski definition) is 1. The van der Waals surface area contributed by atoms with Crippen LogP contribution in [0, 0.1) is 39.9 Å². The average molecular weight is 491 g/mol. The Morgan fingerprint density at radius 1 is 1.06 bits per heavy atom. The number of fused-ring (bicyclic) bond motifs is 6. The van der Waals surface area contributed by atoms with E-state index in [1.54, 1.807) is 6.08 Å². The lowest BCUT2D eigenvalue weighted by Gasteiger charge is -2.44. The summed E-state index contributed by atoms with van der Waals surface area (Å²) in [5.74, 6) is -1.27. The van der Waals surface area contributed by atoms with Crippen molar-refractivity contribution in [1.29, 1.82) is 0 Å². The van der Waals surface area contributed by atoms with Crippen molar-refractivity contribution in [3.8, 4) is 0 Å². The summed E-state index contributed by atoms with van der Waals surface area (Å²) in [5.41, 5.74) is 0.0122. The summed E-state index contributed by atoms with van der Waals surface area (Å²) in [7, 11) is 0. The number of aliphatic hydroxyl groups is 1. The van der Waals surface area contributed by atoms with Crippen LogP contribution in [0.1, 0.15) is 59.8 Å². The van der Waals surface area contributed by atoms with E-state index < -0.39 is 34.1 Å². The number of allylic oxidation sites excluding steroid dienone is 3. The molecule has 0 aromatic rings. The van der Waals surface area contributed by atoms with Gasteiger partial charge in [0.2, 0.25) is 0 Å². The fraction of sp³-hybridized carbons (Fsp3) is 0.633. The van der Waals surface area contributed by atoms with E-state index in [2.05, 4.69) is 25.7 Å². The Kier molecular flexibility index (Phi) is 4.10. The Balaban J connectivity index is 1.41. The standard InChI is InChI=1S/C30H34O6/c1-14-6-7-18-23(21-15(2)12-19(31)20(14)21)36-26(33)30(18)13-29-11-10-27(30,4)24(29)22-17(8-9-28(29,5)34)16(3)25(32)35-22/h10-12,17-18,21-24,34H,3,6-9,13H2,1-2,4-5H3/t17-,18+,21-,22-,23-,24-,27+,28+,29-,30-/m0/s1. The molecule has 0 unspecified atom stereocenters. The van der Waals surface area contributed by atoms with E-state index in [0.717, 1.165) is 29.6 Å². The molecule has 2 heterocycles. The molecule has 2 saturated heterocycles. The first-order valence-corrected chi connectivity index (χ1v) is 13.4. The molecule has 7 aliphatic rings. The van der Waals surface area contributed by atoms with Gasteiger partial charge in [-0.3, -0.25) is 9.59 Å². The van der Waals surface area contributed by atoms with Crippen LogP contribution in [0.4, 0.5) is 0 Å². The molecule has 10 atom stereocenters. The first kappa shape index (κ1) is 22.7. The molecule has 36 heavy (non-hydrogen) atoms. The Labute approximate surface area is 211 Å². The van der Waals surface area contributed by atoms with E-state index in [9.17, 15) is 19.5 Å². The molecular formula is C30H34O6. The first-order chi connectivity index (χ1) is 16.9. The summed E-state index contributed by atoms with van der Waals surface area (Å²) in [5, 5.41) is 12.0. The predicted octanol–water partition coefficient (Wildman–Crippen LogP) is 3.99. The van der Waals surface area contributed by atoms with Gasteiger partial charge in [-0.25, -0.2) is 4.79 Å². The zero-order chi connectivity index (χ0) is 25.6. The van der Waals surface area contributed by atoms with Gasteiger partial charge in [0.15, 0.2) is 5.78 Å². The van der Waals surface area contributed by atoms with Crippen LogP contribution >= 0.6 is 0 Å². The second-order valence-corrected chi connectivity index (χ2v) is 13.0. The third kappa shape index (κ3) is 2.20. The molecule has 0 radical (unpaired) electrons. The average Bonchev–Trinajstić information content (AvgIpc) is 3.47. The zero-order valence-electron chi connectivity index (χ0n) is 21.4. The molecular weight excluding hydrogens is 456 g/mol. The molecule has 6 nitrogen and oxygen atoms in total. The number of esters is 2. The maximum absolute atomic E-state index is 14.2. The molecule has 2 saturated carbocycles. The number of carbonyl (C=O) groups excluding carboxylic acids is 3. The molecule has 1 N–H and O–H groups in total. The Bertz CT molecular complexity index is 1270. The van der Waals surface area contributed by atoms with Gasteiger partial charge in [-0.05, 0) is 59.0 Å². The van der Waals surface area contributed by atoms with Gasteiger partial charge in [0.05, 0.1) is 11.0 Å². The zero-order valence-corrected chi connectivity index (χ0v) is 21.4. The Hall–Kier alpha value is -2.47. The molecule has 1 spiro atoms. The van der Waals surface area contributed by atoms with Crippen LogP contribution in [0.2, 0.25) is 0 Å². The highest BCUT2D eigenvalue weighted by atomic mass is 16.6. The number of rotatable bonds is 0. The van der Waals surface area contributed by atoms with E-state index in [0.29, 0.717) is 24.8 Å². The van der Waals surface area contributed by atoms with Gasteiger partial charge in [0.1, 0.15) is 12.2 Å². The summed E-state index contributed by atoms with van der Waals surface area (Å²) in [6, 6.07) is 0. The second-order valence-electron chi connectivity index (χ2n) is 13.0. The summed E-state index contributed by atoms with van der Waals surface area (Å²) in [4.78, 5) is 39.8. The lowest BCUT2D eigenvalue weighted by molar-refractivity contribution is -0.155. The molecule has 7 rings (SSSR count). The van der Waals surface area contributed by atoms with Crippen molar-refractivity contribution < 1.29 is 29.0 Å². The quantitative estimate of drug-likeness (QED) is 0.314. The number of ether oxygens (including phenoxy) is 2. The van der Waals surface area contributed by atoms with E-state index >= 15 is 0 Å². The SMILES string of the molecule is C=C1C(=O)O[C@@H]2[C@@H]3[C@@]4(C=C[C@@]3(C)[C@]3(C4)C(=O)O[C@@H]4[C@H]5C(C)=CC(=O)C5=C(C)CC[C@H]43)[C@](C)(O)CC[C@@H]12. The Morgan fingerprint density at radius 2 is 1.81 bits per heavy atom. The smallest absolute Gasteiger partial charge is 0.334 e. The van der Waals surface area contributed by atoms with Gasteiger partial charge < -0.3 is 14.6 Å². The van der Waals surface area contributed by atoms with Crippen LogP contribution in [0.5, 0.6) is 0 Å². The van der Waals surface area contributed by atoms with Gasteiger partial charge in [0, 0.05) is 45.6 Å². The maximum Gasteiger partial charge on any atom is 0.334 e. The minimum Gasteiger partial charge on any atom is -0.461 e. The van der Waals surface area contributed by atoms with Gasteiger partial charge in [-0.2, -0.15) is 0 Å². The largest absolute Gasteiger partial charge is 0.461 e. The number of carbonyl (C=O) groups is 3. The van der Waals surface area contributed by atoms with Gasteiger partial charge in [0.25, 0.3) is 0 Å². The maximum atomic E-state index is 14.2.